The van der Waals surface area contributed by atoms with E-state index in [2.05, 4.69) is 0 Å². The summed E-state index contributed by atoms with van der Waals surface area (Å²) in [6, 6.07) is 9.34. The molecule has 0 aliphatic carbocycles. The number of allylic oxidation sites excluding steroid dienone is 2. The van der Waals surface area contributed by atoms with Crippen molar-refractivity contribution in [1.29, 1.82) is 0 Å². The summed E-state index contributed by atoms with van der Waals surface area (Å²) in [5.74, 6) is -0.0832. The molecule has 140 valence electrons. The average Bonchev–Trinajstić information content (AvgIpc) is 2.66. The highest BCUT2D eigenvalue weighted by atomic mass is 18.2. The second-order valence-corrected chi connectivity index (χ2v) is 5.64. The number of carbonyl (C=O) groups excluding carboxylic acids is 2. The summed E-state index contributed by atoms with van der Waals surface area (Å²) in [6.45, 7) is 0. The van der Waals surface area contributed by atoms with Crippen molar-refractivity contribution >= 4 is 23.7 Å². The smallest absolute Gasteiger partial charge is 0.163 e. The quantitative estimate of drug-likeness (QED) is 0.420. The second kappa shape index (κ2) is 9.24. The van der Waals surface area contributed by atoms with E-state index in [1.807, 2.05) is 0 Å². The maximum Gasteiger partial charge on any atom is 0.163 e. The van der Waals surface area contributed by atoms with E-state index >= 15 is 0 Å². The molecule has 0 radical (unpaired) electrons. The molecule has 2 aromatic carbocycles. The number of ketones is 2. The van der Waals surface area contributed by atoms with Gasteiger partial charge in [-0.25, -0.2) is 0 Å². The zero-order chi connectivity index (χ0) is 19.8. The van der Waals surface area contributed by atoms with Gasteiger partial charge in [-0.15, -0.1) is 0 Å². The Kier molecular flexibility index (Phi) is 6.77. The van der Waals surface area contributed by atoms with Gasteiger partial charge in [0.15, 0.2) is 34.6 Å². The molecule has 0 heterocycles. The first-order chi connectivity index (χ1) is 12.9. The summed E-state index contributed by atoms with van der Waals surface area (Å²) >= 11 is 0. The highest BCUT2D eigenvalue weighted by molar-refractivity contribution is 6.10. The van der Waals surface area contributed by atoms with Crippen molar-refractivity contribution in [3.05, 3.63) is 59.7 Å². The van der Waals surface area contributed by atoms with Crippen molar-refractivity contribution in [2.24, 2.45) is 0 Å². The van der Waals surface area contributed by atoms with Gasteiger partial charge in [0, 0.05) is 0 Å². The second-order valence-electron chi connectivity index (χ2n) is 5.64. The lowest BCUT2D eigenvalue weighted by atomic mass is 10.1. The molecule has 0 atom stereocenters. The van der Waals surface area contributed by atoms with Crippen molar-refractivity contribution in [2.45, 2.75) is 6.42 Å². The Morgan fingerprint density at radius 2 is 1.44 bits per heavy atom. The Labute approximate surface area is 157 Å². The Balaban J connectivity index is 1.96. The fraction of sp³-hybridized carbons (Fsp3) is 0.143. The first-order valence-electron chi connectivity index (χ1n) is 8.08. The van der Waals surface area contributed by atoms with Crippen LogP contribution in [0.4, 0.5) is 0 Å². The maximum absolute atomic E-state index is 11.9. The van der Waals surface area contributed by atoms with Crippen LogP contribution in [0.25, 0.3) is 12.2 Å². The molecule has 6 nitrogen and oxygen atoms in total. The SMILES string of the molecule is COc1cc(/C=C/C(=O)CC(=O)/C=C/c2ccc([18OH])c(OC)c2)ccc1O. The van der Waals surface area contributed by atoms with Crippen molar-refractivity contribution in [2.75, 3.05) is 14.2 Å². The predicted octanol–water partition coefficient (Wildman–Crippen LogP) is 3.37. The Hall–Kier alpha value is -3.54. The molecule has 27 heavy (non-hydrogen) atoms. The first kappa shape index (κ1) is 19.8. The van der Waals surface area contributed by atoms with E-state index in [4.69, 9.17) is 9.47 Å². The molecule has 6 heteroatoms. The topological polar surface area (TPSA) is 93.1 Å². The van der Waals surface area contributed by atoms with Crippen LogP contribution < -0.4 is 9.47 Å². The van der Waals surface area contributed by atoms with Gasteiger partial charge in [0.1, 0.15) is 0 Å². The lowest BCUT2D eigenvalue weighted by Crippen LogP contribution is -2.01. The van der Waals surface area contributed by atoms with Crippen LogP contribution in [0.1, 0.15) is 17.5 Å². The molecule has 0 fully saturated rings. The number of ether oxygens (including phenoxy) is 2. The lowest BCUT2D eigenvalue weighted by Gasteiger charge is -2.03. The zero-order valence-electron chi connectivity index (χ0n) is 15.0. The van der Waals surface area contributed by atoms with Crippen molar-refractivity contribution in [3.8, 4) is 23.0 Å². The standard InChI is InChI=1S/C21H20O6/c1-26-20-11-14(5-9-18(20)24)3-7-16(22)13-17(23)8-4-15-6-10-19(25)21(12-15)27-2/h3-12,24-25H,13H2,1-2H3/b7-3+,8-4+/i24+2. The molecule has 0 spiro atoms. The fourth-order valence-electron chi connectivity index (χ4n) is 2.26. The number of aromatic hydroxyl groups is 2. The molecule has 0 saturated carbocycles. The summed E-state index contributed by atoms with van der Waals surface area (Å²) < 4.78 is 10.00. The predicted molar refractivity (Wildman–Crippen MR) is 102 cm³/mol. The van der Waals surface area contributed by atoms with Crippen LogP contribution in [0.3, 0.4) is 0 Å². The number of benzene rings is 2. The molecule has 0 aliphatic rings. The number of carbonyl (C=O) groups is 2. The molecule has 0 amide bonds. The van der Waals surface area contributed by atoms with Crippen LogP contribution in [0.15, 0.2) is 48.6 Å². The van der Waals surface area contributed by atoms with E-state index < -0.39 is 0 Å². The van der Waals surface area contributed by atoms with Crippen LogP contribution in [0.5, 0.6) is 23.0 Å². The molecule has 0 saturated heterocycles. The van der Waals surface area contributed by atoms with E-state index in [0.717, 1.165) is 0 Å². The number of phenolic OH excluding ortho intramolecular Hbond substituents is 2. The molecule has 0 aliphatic heterocycles. The average molecular weight is 370 g/mol. The number of phenols is 2. The third kappa shape index (κ3) is 5.74. The molecule has 0 unspecified atom stereocenters. The van der Waals surface area contributed by atoms with Gasteiger partial charge in [0.2, 0.25) is 0 Å². The van der Waals surface area contributed by atoms with Gasteiger partial charge in [-0.3, -0.25) is 9.59 Å². The van der Waals surface area contributed by atoms with Crippen molar-refractivity contribution < 1.29 is 29.3 Å². The van der Waals surface area contributed by atoms with E-state index in [1.165, 1.54) is 38.5 Å². The van der Waals surface area contributed by atoms with Crippen LogP contribution >= 0.6 is 0 Å². The van der Waals surface area contributed by atoms with Gasteiger partial charge in [0.25, 0.3) is 0 Å². The van der Waals surface area contributed by atoms with Gasteiger partial charge in [0.05, 0.1) is 20.6 Å². The van der Waals surface area contributed by atoms with Gasteiger partial charge in [-0.1, -0.05) is 24.3 Å². The summed E-state index contributed by atoms with van der Waals surface area (Å²) in [7, 11) is 2.87. The highest BCUT2D eigenvalue weighted by Gasteiger charge is 2.06. The van der Waals surface area contributed by atoms with Crippen molar-refractivity contribution in [1.82, 2.24) is 0 Å². The van der Waals surface area contributed by atoms with Crippen LogP contribution in [-0.4, -0.2) is 36.0 Å². The number of hydrogen-bond acceptors (Lipinski definition) is 6. The fourth-order valence-corrected chi connectivity index (χ4v) is 2.26. The third-order valence-corrected chi connectivity index (χ3v) is 3.68. The van der Waals surface area contributed by atoms with E-state index in [9.17, 15) is 19.8 Å². The van der Waals surface area contributed by atoms with Gasteiger partial charge < -0.3 is 19.7 Å². The van der Waals surface area contributed by atoms with E-state index in [1.54, 1.807) is 36.4 Å². The summed E-state index contributed by atoms with van der Waals surface area (Å²) in [4.78, 5) is 23.9. The lowest BCUT2D eigenvalue weighted by molar-refractivity contribution is -0.121. The minimum Gasteiger partial charge on any atom is -0.504 e. The molecular weight excluding hydrogens is 350 g/mol. The molecule has 2 N–H and O–H groups in total. The maximum atomic E-state index is 11.9. The number of rotatable bonds is 8. The third-order valence-electron chi connectivity index (χ3n) is 3.68. The van der Waals surface area contributed by atoms with Crippen LogP contribution in [-0.2, 0) is 9.59 Å². The molecule has 0 aromatic heterocycles. The molecule has 2 rings (SSSR count). The minimum absolute atomic E-state index is 0.00662. The monoisotopic (exact) mass is 370 g/mol. The number of methoxy groups -OCH3 is 2. The van der Waals surface area contributed by atoms with Crippen LogP contribution in [0.2, 0.25) is 0 Å². The largest absolute Gasteiger partial charge is 0.504 e. The van der Waals surface area contributed by atoms with Gasteiger partial charge in [-0.2, -0.15) is 0 Å². The Morgan fingerprint density at radius 3 is 2.00 bits per heavy atom. The normalized spacial score (nSPS) is 11.0. The highest BCUT2D eigenvalue weighted by Crippen LogP contribution is 2.27. The van der Waals surface area contributed by atoms with Gasteiger partial charge >= 0.3 is 0 Å². The van der Waals surface area contributed by atoms with Crippen molar-refractivity contribution in [3.63, 3.8) is 0 Å². The Bertz CT molecular complexity index is 822. The molecule has 0 bridgehead atoms. The Morgan fingerprint density at radius 1 is 0.926 bits per heavy atom. The van der Waals surface area contributed by atoms with E-state index in [-0.39, 0.29) is 29.5 Å². The first-order valence-corrected chi connectivity index (χ1v) is 8.08. The summed E-state index contributed by atoms with van der Waals surface area (Å²) in [6.07, 6.45) is 5.44. The zero-order valence-corrected chi connectivity index (χ0v) is 15.0. The molecular formula is C21H20O6. The molecule has 2 aromatic rings. The van der Waals surface area contributed by atoms with E-state index in [0.29, 0.717) is 22.6 Å². The number of hydrogen-bond donors (Lipinski definition) is 2. The summed E-state index contributed by atoms with van der Waals surface area (Å²) in [5.41, 5.74) is 1.33. The summed E-state index contributed by atoms with van der Waals surface area (Å²) in [5, 5.41) is 19.1. The van der Waals surface area contributed by atoms with Gasteiger partial charge in [-0.05, 0) is 47.5 Å². The minimum atomic E-state index is -0.347. The van der Waals surface area contributed by atoms with Crippen LogP contribution in [0, 0.1) is 0 Å².